The summed E-state index contributed by atoms with van der Waals surface area (Å²) in [5, 5.41) is 7.48. The topological polar surface area (TPSA) is 68.6 Å². The van der Waals surface area contributed by atoms with Gasteiger partial charge in [-0.05, 0) is 56.6 Å². The first kappa shape index (κ1) is 23.0. The number of para-hydroxylation sites is 1. The predicted molar refractivity (Wildman–Crippen MR) is 128 cm³/mol. The van der Waals surface area contributed by atoms with Gasteiger partial charge in [0.1, 0.15) is 12.4 Å². The second kappa shape index (κ2) is 11.1. The third kappa shape index (κ3) is 6.21. The lowest BCUT2D eigenvalue weighted by Gasteiger charge is -2.31. The van der Waals surface area contributed by atoms with Crippen molar-refractivity contribution in [3.05, 3.63) is 77.6 Å². The van der Waals surface area contributed by atoms with E-state index in [1.807, 2.05) is 61.5 Å². The number of amides is 1. The van der Waals surface area contributed by atoms with Crippen LogP contribution in [0.5, 0.6) is 5.75 Å². The van der Waals surface area contributed by atoms with E-state index in [1.165, 1.54) is 0 Å². The quantitative estimate of drug-likeness (QED) is 0.542. The predicted octanol–water partition coefficient (Wildman–Crippen LogP) is 3.60. The normalized spacial score (nSPS) is 14.4. The molecule has 4 rings (SSSR count). The summed E-state index contributed by atoms with van der Waals surface area (Å²) in [6.07, 6.45) is 3.93. The lowest BCUT2D eigenvalue weighted by Crippen LogP contribution is -2.38. The van der Waals surface area contributed by atoms with Crippen molar-refractivity contribution in [1.29, 1.82) is 0 Å². The first-order valence-corrected chi connectivity index (χ1v) is 11.5. The van der Waals surface area contributed by atoms with Gasteiger partial charge in [-0.3, -0.25) is 9.69 Å². The van der Waals surface area contributed by atoms with Crippen LogP contribution in [0, 0.1) is 6.92 Å². The minimum atomic E-state index is -0.140. The lowest BCUT2D eigenvalue weighted by molar-refractivity contribution is 0.0392. The van der Waals surface area contributed by atoms with Crippen LogP contribution in [0.4, 0.5) is 0 Å². The van der Waals surface area contributed by atoms with Crippen LogP contribution < -0.4 is 10.1 Å². The Kier molecular flexibility index (Phi) is 7.75. The van der Waals surface area contributed by atoms with Gasteiger partial charge in [0.15, 0.2) is 0 Å². The van der Waals surface area contributed by atoms with E-state index in [-0.39, 0.29) is 5.91 Å². The van der Waals surface area contributed by atoms with Gasteiger partial charge in [0, 0.05) is 38.5 Å². The first-order valence-electron chi connectivity index (χ1n) is 11.5. The Labute approximate surface area is 195 Å². The molecule has 1 saturated heterocycles. The maximum absolute atomic E-state index is 12.8. The van der Waals surface area contributed by atoms with Gasteiger partial charge in [0.25, 0.3) is 5.91 Å². The molecule has 7 nitrogen and oxygen atoms in total. The molecule has 0 radical (unpaired) electrons. The van der Waals surface area contributed by atoms with Crippen LogP contribution in [0.25, 0.3) is 5.69 Å². The monoisotopic (exact) mass is 448 g/mol. The lowest BCUT2D eigenvalue weighted by atomic mass is 10.1. The summed E-state index contributed by atoms with van der Waals surface area (Å²) in [6.45, 7) is 5.46. The Morgan fingerprint density at radius 2 is 1.97 bits per heavy atom. The molecule has 1 aromatic heterocycles. The highest BCUT2D eigenvalue weighted by Crippen LogP contribution is 2.16. The number of benzene rings is 2. The smallest absolute Gasteiger partial charge is 0.255 e. The zero-order valence-electron chi connectivity index (χ0n) is 19.4. The fourth-order valence-corrected chi connectivity index (χ4v) is 4.03. The maximum Gasteiger partial charge on any atom is 0.255 e. The van der Waals surface area contributed by atoms with Crippen molar-refractivity contribution >= 4 is 5.91 Å². The first-order chi connectivity index (χ1) is 16.1. The van der Waals surface area contributed by atoms with Crippen molar-refractivity contribution in [3.63, 3.8) is 0 Å². The summed E-state index contributed by atoms with van der Waals surface area (Å²) in [5.41, 5.74) is 3.18. The number of ether oxygens (including phenoxy) is 2. The SMILES string of the molecule is Cc1nn(-c2ccccc2)cc1C(=O)NCc1cccc(OCCN(C)C2CCOCC2)c1. The summed E-state index contributed by atoms with van der Waals surface area (Å²) < 4.78 is 13.1. The molecule has 7 heteroatoms. The fraction of sp³-hybridized carbons (Fsp3) is 0.385. The van der Waals surface area contributed by atoms with E-state index in [0.717, 1.165) is 49.6 Å². The summed E-state index contributed by atoms with van der Waals surface area (Å²) in [5.74, 6) is 0.675. The number of aryl methyl sites for hydroxylation is 1. The highest BCUT2D eigenvalue weighted by Gasteiger charge is 2.18. The number of carbonyl (C=O) groups is 1. The van der Waals surface area contributed by atoms with E-state index in [9.17, 15) is 4.79 Å². The van der Waals surface area contributed by atoms with Crippen molar-refractivity contribution in [2.24, 2.45) is 0 Å². The average Bonchev–Trinajstić information content (AvgIpc) is 3.25. The average molecular weight is 449 g/mol. The Morgan fingerprint density at radius 3 is 2.76 bits per heavy atom. The van der Waals surface area contributed by atoms with Crippen molar-refractivity contribution in [3.8, 4) is 11.4 Å². The van der Waals surface area contributed by atoms with Crippen LogP contribution in [0.1, 0.15) is 34.5 Å². The Hall–Kier alpha value is -3.16. The second-order valence-corrected chi connectivity index (χ2v) is 8.41. The van der Waals surface area contributed by atoms with E-state index in [1.54, 1.807) is 10.9 Å². The van der Waals surface area contributed by atoms with Crippen molar-refractivity contribution < 1.29 is 14.3 Å². The van der Waals surface area contributed by atoms with Gasteiger partial charge in [-0.25, -0.2) is 4.68 Å². The molecule has 3 aromatic rings. The molecule has 0 aliphatic carbocycles. The van der Waals surface area contributed by atoms with Gasteiger partial charge in [-0.1, -0.05) is 30.3 Å². The summed E-state index contributed by atoms with van der Waals surface area (Å²) in [4.78, 5) is 15.1. The van der Waals surface area contributed by atoms with E-state index < -0.39 is 0 Å². The van der Waals surface area contributed by atoms with Crippen LogP contribution in [0.15, 0.2) is 60.8 Å². The molecule has 1 aliphatic rings. The second-order valence-electron chi connectivity index (χ2n) is 8.41. The number of nitrogens with zero attached hydrogens (tertiary/aromatic N) is 3. The molecule has 1 N–H and O–H groups in total. The van der Waals surface area contributed by atoms with E-state index in [0.29, 0.717) is 30.5 Å². The Bertz CT molecular complexity index is 1040. The summed E-state index contributed by atoms with van der Waals surface area (Å²) >= 11 is 0. The standard InChI is InChI=1S/C26H32N4O3/c1-20-25(19-30(28-20)23-8-4-3-5-9-23)26(31)27-18-21-7-6-10-24(17-21)33-16-13-29(2)22-11-14-32-15-12-22/h3-10,17,19,22H,11-16,18H2,1-2H3,(H,27,31). The number of nitrogens with one attached hydrogen (secondary N) is 1. The number of likely N-dealkylation sites (N-methyl/N-ethyl adjacent to an activating group) is 1. The van der Waals surface area contributed by atoms with E-state index >= 15 is 0 Å². The number of carbonyl (C=O) groups excluding carboxylic acids is 1. The minimum absolute atomic E-state index is 0.140. The molecular formula is C26H32N4O3. The van der Waals surface area contributed by atoms with Crippen LogP contribution in [-0.2, 0) is 11.3 Å². The zero-order chi connectivity index (χ0) is 23.0. The van der Waals surface area contributed by atoms with Crippen LogP contribution in [0.3, 0.4) is 0 Å². The van der Waals surface area contributed by atoms with Gasteiger partial charge in [-0.2, -0.15) is 5.10 Å². The van der Waals surface area contributed by atoms with Gasteiger partial charge in [-0.15, -0.1) is 0 Å². The molecule has 33 heavy (non-hydrogen) atoms. The number of hydrogen-bond donors (Lipinski definition) is 1. The maximum atomic E-state index is 12.8. The minimum Gasteiger partial charge on any atom is -0.492 e. The van der Waals surface area contributed by atoms with Crippen LogP contribution in [0.2, 0.25) is 0 Å². The highest BCUT2D eigenvalue weighted by atomic mass is 16.5. The van der Waals surface area contributed by atoms with Crippen molar-refractivity contribution in [2.75, 3.05) is 33.4 Å². The molecule has 174 valence electrons. The van der Waals surface area contributed by atoms with Gasteiger partial charge in [0.2, 0.25) is 0 Å². The molecule has 1 amide bonds. The Morgan fingerprint density at radius 1 is 1.18 bits per heavy atom. The molecule has 1 fully saturated rings. The van der Waals surface area contributed by atoms with Crippen LogP contribution in [-0.4, -0.2) is 60.0 Å². The van der Waals surface area contributed by atoms with Gasteiger partial charge < -0.3 is 14.8 Å². The van der Waals surface area contributed by atoms with Gasteiger partial charge in [0.05, 0.1) is 16.9 Å². The molecule has 0 atom stereocenters. The number of aromatic nitrogens is 2. The molecule has 0 spiro atoms. The van der Waals surface area contributed by atoms with Crippen molar-refractivity contribution in [2.45, 2.75) is 32.4 Å². The van der Waals surface area contributed by atoms with Crippen molar-refractivity contribution in [1.82, 2.24) is 20.0 Å². The largest absolute Gasteiger partial charge is 0.492 e. The zero-order valence-corrected chi connectivity index (χ0v) is 19.4. The summed E-state index contributed by atoms with van der Waals surface area (Å²) in [6, 6.07) is 18.2. The molecular weight excluding hydrogens is 416 g/mol. The van der Waals surface area contributed by atoms with Gasteiger partial charge >= 0.3 is 0 Å². The fourth-order valence-electron chi connectivity index (χ4n) is 4.03. The molecule has 0 unspecified atom stereocenters. The van der Waals surface area contributed by atoms with Crippen LogP contribution >= 0.6 is 0 Å². The van der Waals surface area contributed by atoms with E-state index in [4.69, 9.17) is 9.47 Å². The molecule has 0 bridgehead atoms. The highest BCUT2D eigenvalue weighted by molar-refractivity contribution is 5.95. The Balaban J connectivity index is 1.28. The third-order valence-corrected chi connectivity index (χ3v) is 6.04. The number of hydrogen-bond acceptors (Lipinski definition) is 5. The molecule has 2 heterocycles. The number of rotatable bonds is 9. The molecule has 2 aromatic carbocycles. The third-order valence-electron chi connectivity index (χ3n) is 6.04. The molecule has 0 saturated carbocycles. The molecule has 1 aliphatic heterocycles. The van der Waals surface area contributed by atoms with E-state index in [2.05, 4.69) is 22.4 Å². The summed E-state index contributed by atoms with van der Waals surface area (Å²) in [7, 11) is 2.15.